The van der Waals surface area contributed by atoms with Crippen molar-refractivity contribution in [1.29, 1.82) is 0 Å². The summed E-state index contributed by atoms with van der Waals surface area (Å²) in [6.45, 7) is 2.19. The molecule has 84 valence electrons. The van der Waals surface area contributed by atoms with Crippen molar-refractivity contribution in [3.8, 4) is 5.75 Å². The Morgan fingerprint density at radius 2 is 2.20 bits per heavy atom. The smallest absolute Gasteiger partial charge is 0.193 e. The Morgan fingerprint density at radius 1 is 1.40 bits per heavy atom. The second kappa shape index (κ2) is 6.50. The minimum atomic E-state index is 0.408. The summed E-state index contributed by atoms with van der Waals surface area (Å²) in [7, 11) is 1.59. The number of nitrogens with zero attached hydrogens (tertiary/aromatic N) is 2. The van der Waals surface area contributed by atoms with Crippen LogP contribution in [0.1, 0.15) is 26.2 Å². The fraction of sp³-hybridized carbons (Fsp3) is 0.600. The standard InChI is InChI=1S/C10H17N3OS/c1-3-4-5-6-15-10-8(14-2)9(11)12-7-13-10/h7H,3-6H2,1-2H3,(H2,11,12,13). The lowest BCUT2D eigenvalue weighted by atomic mass is 10.3. The van der Waals surface area contributed by atoms with Gasteiger partial charge >= 0.3 is 0 Å². The molecule has 4 nitrogen and oxygen atoms in total. The zero-order valence-electron chi connectivity index (χ0n) is 9.19. The molecule has 2 N–H and O–H groups in total. The van der Waals surface area contributed by atoms with Crippen molar-refractivity contribution in [2.24, 2.45) is 0 Å². The fourth-order valence-electron chi connectivity index (χ4n) is 1.19. The lowest BCUT2D eigenvalue weighted by molar-refractivity contribution is 0.401. The van der Waals surface area contributed by atoms with Crippen LogP contribution in [-0.4, -0.2) is 22.8 Å². The number of aromatic nitrogens is 2. The molecule has 0 fully saturated rings. The summed E-state index contributed by atoms with van der Waals surface area (Å²) in [4.78, 5) is 8.04. The predicted octanol–water partition coefficient (Wildman–Crippen LogP) is 2.35. The topological polar surface area (TPSA) is 61.0 Å². The molecule has 0 bridgehead atoms. The molecular weight excluding hydrogens is 210 g/mol. The first-order valence-electron chi connectivity index (χ1n) is 5.06. The SMILES string of the molecule is CCCCCSc1ncnc(N)c1OC. The number of nitrogens with two attached hydrogens (primary N) is 1. The van der Waals surface area contributed by atoms with E-state index in [1.807, 2.05) is 0 Å². The van der Waals surface area contributed by atoms with Crippen molar-refractivity contribution in [3.05, 3.63) is 6.33 Å². The van der Waals surface area contributed by atoms with Crippen molar-refractivity contribution in [3.63, 3.8) is 0 Å². The summed E-state index contributed by atoms with van der Waals surface area (Å²) in [6, 6.07) is 0. The van der Waals surface area contributed by atoms with Gasteiger partial charge in [-0.3, -0.25) is 0 Å². The Kier molecular flexibility index (Phi) is 5.25. The molecule has 0 spiro atoms. The first-order chi connectivity index (χ1) is 7.29. The van der Waals surface area contributed by atoms with E-state index in [4.69, 9.17) is 10.5 Å². The molecule has 0 saturated carbocycles. The fourth-order valence-corrected chi connectivity index (χ4v) is 2.17. The van der Waals surface area contributed by atoms with Gasteiger partial charge < -0.3 is 10.5 Å². The van der Waals surface area contributed by atoms with E-state index in [0.717, 1.165) is 10.8 Å². The van der Waals surface area contributed by atoms with Crippen molar-refractivity contribution < 1.29 is 4.74 Å². The van der Waals surface area contributed by atoms with Gasteiger partial charge in [-0.15, -0.1) is 11.8 Å². The van der Waals surface area contributed by atoms with Gasteiger partial charge in [0.2, 0.25) is 0 Å². The molecule has 1 rings (SSSR count). The van der Waals surface area contributed by atoms with Crippen LogP contribution in [0, 0.1) is 0 Å². The average Bonchev–Trinajstić information content (AvgIpc) is 2.24. The molecule has 0 aliphatic heterocycles. The van der Waals surface area contributed by atoms with Gasteiger partial charge in [0.1, 0.15) is 11.4 Å². The zero-order valence-corrected chi connectivity index (χ0v) is 10.0. The van der Waals surface area contributed by atoms with Gasteiger partial charge in [-0.2, -0.15) is 0 Å². The summed E-state index contributed by atoms with van der Waals surface area (Å²) in [5, 5.41) is 0.834. The van der Waals surface area contributed by atoms with Crippen LogP contribution in [0.2, 0.25) is 0 Å². The number of ether oxygens (including phenoxy) is 1. The summed E-state index contributed by atoms with van der Waals surface area (Å²) in [5.74, 6) is 2.05. The molecule has 1 aromatic heterocycles. The van der Waals surface area contributed by atoms with E-state index in [-0.39, 0.29) is 0 Å². The lowest BCUT2D eigenvalue weighted by Gasteiger charge is -2.07. The molecule has 0 atom stereocenters. The van der Waals surface area contributed by atoms with Crippen LogP contribution < -0.4 is 10.5 Å². The van der Waals surface area contributed by atoms with Crippen LogP contribution in [0.25, 0.3) is 0 Å². The first-order valence-corrected chi connectivity index (χ1v) is 6.05. The molecule has 0 unspecified atom stereocenters. The number of thioether (sulfide) groups is 1. The van der Waals surface area contributed by atoms with Gasteiger partial charge in [-0.05, 0) is 12.2 Å². The quantitative estimate of drug-likeness (QED) is 0.459. The third kappa shape index (κ3) is 3.58. The average molecular weight is 227 g/mol. The summed E-state index contributed by atoms with van der Waals surface area (Å²) in [6.07, 6.45) is 5.13. The molecule has 0 aromatic carbocycles. The van der Waals surface area contributed by atoms with Crippen molar-refractivity contribution in [2.75, 3.05) is 18.6 Å². The maximum atomic E-state index is 5.67. The van der Waals surface area contributed by atoms with E-state index in [1.165, 1.54) is 25.6 Å². The van der Waals surface area contributed by atoms with Gasteiger partial charge in [-0.25, -0.2) is 9.97 Å². The molecule has 5 heteroatoms. The van der Waals surface area contributed by atoms with Crippen LogP contribution in [-0.2, 0) is 0 Å². The van der Waals surface area contributed by atoms with Gasteiger partial charge in [-0.1, -0.05) is 19.8 Å². The number of nitrogen functional groups attached to an aromatic ring is 1. The molecule has 15 heavy (non-hydrogen) atoms. The molecule has 0 aliphatic carbocycles. The third-order valence-electron chi connectivity index (χ3n) is 1.99. The maximum Gasteiger partial charge on any atom is 0.193 e. The van der Waals surface area contributed by atoms with Crippen LogP contribution >= 0.6 is 11.8 Å². The number of hydrogen-bond acceptors (Lipinski definition) is 5. The number of unbranched alkanes of at least 4 members (excludes halogenated alkanes) is 2. The Labute approximate surface area is 94.6 Å². The van der Waals surface area contributed by atoms with Gasteiger partial charge in [0, 0.05) is 0 Å². The Balaban J connectivity index is 2.56. The molecule has 0 amide bonds. The van der Waals surface area contributed by atoms with E-state index in [1.54, 1.807) is 18.9 Å². The van der Waals surface area contributed by atoms with Gasteiger partial charge in [0.25, 0.3) is 0 Å². The summed E-state index contributed by atoms with van der Waals surface area (Å²) >= 11 is 1.67. The molecule has 1 aromatic rings. The van der Waals surface area contributed by atoms with Crippen molar-refractivity contribution in [1.82, 2.24) is 9.97 Å². The second-order valence-electron chi connectivity index (χ2n) is 3.15. The lowest BCUT2D eigenvalue weighted by Crippen LogP contribution is -1.99. The van der Waals surface area contributed by atoms with Gasteiger partial charge in [0.05, 0.1) is 7.11 Å². The van der Waals surface area contributed by atoms with Crippen molar-refractivity contribution in [2.45, 2.75) is 31.2 Å². The zero-order chi connectivity index (χ0) is 11.1. The number of anilines is 1. The Hall–Kier alpha value is -0.970. The molecule has 0 aliphatic rings. The molecule has 0 saturated heterocycles. The van der Waals surface area contributed by atoms with E-state index < -0.39 is 0 Å². The number of hydrogen-bond donors (Lipinski definition) is 1. The largest absolute Gasteiger partial charge is 0.490 e. The molecule has 0 radical (unpaired) electrons. The van der Waals surface area contributed by atoms with Crippen LogP contribution in [0.5, 0.6) is 5.75 Å². The minimum Gasteiger partial charge on any atom is -0.490 e. The van der Waals surface area contributed by atoms with E-state index in [0.29, 0.717) is 11.6 Å². The van der Waals surface area contributed by atoms with Crippen LogP contribution in [0.4, 0.5) is 5.82 Å². The van der Waals surface area contributed by atoms with Gasteiger partial charge in [0.15, 0.2) is 11.6 Å². The highest BCUT2D eigenvalue weighted by molar-refractivity contribution is 7.99. The number of methoxy groups -OCH3 is 1. The minimum absolute atomic E-state index is 0.408. The van der Waals surface area contributed by atoms with Crippen LogP contribution in [0.15, 0.2) is 11.4 Å². The predicted molar refractivity (Wildman–Crippen MR) is 63.2 cm³/mol. The maximum absolute atomic E-state index is 5.67. The number of rotatable bonds is 6. The molecule has 1 heterocycles. The summed E-state index contributed by atoms with van der Waals surface area (Å²) in [5.41, 5.74) is 5.67. The Bertz CT molecular complexity index is 307. The Morgan fingerprint density at radius 3 is 2.87 bits per heavy atom. The highest BCUT2D eigenvalue weighted by Crippen LogP contribution is 2.30. The highest BCUT2D eigenvalue weighted by Gasteiger charge is 2.09. The third-order valence-corrected chi connectivity index (χ3v) is 3.05. The van der Waals surface area contributed by atoms with Crippen molar-refractivity contribution >= 4 is 17.6 Å². The van der Waals surface area contributed by atoms with E-state index in [2.05, 4.69) is 16.9 Å². The normalized spacial score (nSPS) is 10.3. The van der Waals surface area contributed by atoms with Crippen LogP contribution in [0.3, 0.4) is 0 Å². The molecular formula is C10H17N3OS. The van der Waals surface area contributed by atoms with E-state index in [9.17, 15) is 0 Å². The first kappa shape index (κ1) is 12.1. The summed E-state index contributed by atoms with van der Waals surface area (Å²) < 4.78 is 5.16. The second-order valence-corrected chi connectivity index (χ2v) is 4.24. The highest BCUT2D eigenvalue weighted by atomic mass is 32.2. The van der Waals surface area contributed by atoms with E-state index >= 15 is 0 Å². The monoisotopic (exact) mass is 227 g/mol.